The van der Waals surface area contributed by atoms with Gasteiger partial charge in [-0.2, -0.15) is 0 Å². The van der Waals surface area contributed by atoms with E-state index in [1.54, 1.807) is 18.2 Å². The summed E-state index contributed by atoms with van der Waals surface area (Å²) in [6.07, 6.45) is 0.785. The Morgan fingerprint density at radius 3 is 1.96 bits per heavy atom. The lowest BCUT2D eigenvalue weighted by atomic mass is 9.78. The van der Waals surface area contributed by atoms with Gasteiger partial charge in [-0.25, -0.2) is 0 Å². The molecule has 0 amide bonds. The van der Waals surface area contributed by atoms with Crippen molar-refractivity contribution >= 4 is 0 Å². The zero-order valence-electron chi connectivity index (χ0n) is 15.2. The highest BCUT2D eigenvalue weighted by molar-refractivity contribution is 5.45. The molecule has 0 bridgehead atoms. The molecule has 0 spiro atoms. The van der Waals surface area contributed by atoms with Crippen LogP contribution in [0.2, 0.25) is 0 Å². The maximum Gasteiger partial charge on any atom is 0.119 e. The van der Waals surface area contributed by atoms with Crippen molar-refractivity contribution in [3.8, 4) is 11.5 Å². The summed E-state index contributed by atoms with van der Waals surface area (Å²) in [4.78, 5) is 0. The summed E-state index contributed by atoms with van der Waals surface area (Å²) < 4.78 is 15.1. The van der Waals surface area contributed by atoms with Crippen LogP contribution >= 0.6 is 0 Å². The molecule has 5 heteroatoms. The quantitative estimate of drug-likeness (QED) is 0.776. The molecular weight excluding hydrogens is 332 g/mol. The third kappa shape index (κ3) is 5.21. The molecule has 2 aromatic carbocycles. The van der Waals surface area contributed by atoms with Crippen molar-refractivity contribution in [2.75, 3.05) is 26.4 Å². The molecular formula is C21H26O5. The number of aromatic hydroxyl groups is 2. The molecule has 2 N–H and O–H groups in total. The van der Waals surface area contributed by atoms with Gasteiger partial charge in [-0.1, -0.05) is 44.2 Å². The van der Waals surface area contributed by atoms with Crippen LogP contribution in [0, 0.1) is 0 Å². The molecule has 2 atom stereocenters. The molecule has 2 saturated heterocycles. The lowest BCUT2D eigenvalue weighted by Crippen LogP contribution is -2.18. The number of hydrogen-bond donors (Lipinski definition) is 2. The summed E-state index contributed by atoms with van der Waals surface area (Å²) in [6.45, 7) is 7.36. The van der Waals surface area contributed by atoms with Crippen molar-refractivity contribution in [3.63, 3.8) is 0 Å². The second kappa shape index (κ2) is 8.08. The molecule has 2 fully saturated rings. The van der Waals surface area contributed by atoms with Crippen LogP contribution in [0.5, 0.6) is 11.5 Å². The molecule has 2 unspecified atom stereocenters. The lowest BCUT2D eigenvalue weighted by molar-refractivity contribution is 0.102. The van der Waals surface area contributed by atoms with E-state index in [-0.39, 0.29) is 11.2 Å². The number of epoxide rings is 2. The van der Waals surface area contributed by atoms with E-state index in [4.69, 9.17) is 14.2 Å². The Morgan fingerprint density at radius 2 is 1.46 bits per heavy atom. The normalized spacial score (nSPS) is 20.8. The molecule has 0 radical (unpaired) electrons. The predicted octanol–water partition coefficient (Wildman–Crippen LogP) is 3.22. The Hall–Kier alpha value is -2.08. The Morgan fingerprint density at radius 1 is 0.923 bits per heavy atom. The van der Waals surface area contributed by atoms with Gasteiger partial charge < -0.3 is 24.4 Å². The Labute approximate surface area is 154 Å². The van der Waals surface area contributed by atoms with E-state index in [0.29, 0.717) is 18.0 Å². The smallest absolute Gasteiger partial charge is 0.119 e. The van der Waals surface area contributed by atoms with Gasteiger partial charge in [-0.3, -0.25) is 0 Å². The highest BCUT2D eigenvalue weighted by Gasteiger charge is 2.27. The van der Waals surface area contributed by atoms with E-state index in [0.717, 1.165) is 37.6 Å². The summed E-state index contributed by atoms with van der Waals surface area (Å²) in [6, 6.07) is 14.4. The van der Waals surface area contributed by atoms with Crippen LogP contribution in [-0.2, 0) is 19.6 Å². The van der Waals surface area contributed by atoms with Crippen molar-refractivity contribution in [1.82, 2.24) is 0 Å². The average Bonchev–Trinajstić information content (AvgIpc) is 3.52. The zero-order valence-corrected chi connectivity index (χ0v) is 15.2. The molecule has 4 rings (SSSR count). The van der Waals surface area contributed by atoms with E-state index in [2.05, 4.69) is 13.8 Å². The van der Waals surface area contributed by atoms with Crippen LogP contribution in [0.25, 0.3) is 0 Å². The van der Waals surface area contributed by atoms with Gasteiger partial charge in [0.05, 0.1) is 26.4 Å². The summed E-state index contributed by atoms with van der Waals surface area (Å²) in [7, 11) is 0. The second-order valence-electron chi connectivity index (χ2n) is 7.14. The van der Waals surface area contributed by atoms with E-state index < -0.39 is 0 Å². The van der Waals surface area contributed by atoms with Crippen molar-refractivity contribution in [1.29, 1.82) is 0 Å². The van der Waals surface area contributed by atoms with Crippen molar-refractivity contribution < 1.29 is 24.4 Å². The third-order valence-corrected chi connectivity index (χ3v) is 4.58. The molecule has 0 aromatic heterocycles. The number of phenolic OH excluding ortho intramolecular Hbond substituents is 2. The Bertz CT molecular complexity index is 691. The summed E-state index contributed by atoms with van der Waals surface area (Å²) in [5.74, 6) is 0.549. The van der Waals surface area contributed by atoms with Crippen molar-refractivity contribution in [2.45, 2.75) is 31.5 Å². The fourth-order valence-electron chi connectivity index (χ4n) is 2.70. The Kier molecular flexibility index (Phi) is 5.81. The second-order valence-corrected chi connectivity index (χ2v) is 7.14. The molecule has 0 saturated carbocycles. The van der Waals surface area contributed by atoms with Gasteiger partial charge in [0.2, 0.25) is 0 Å². The first-order valence-electron chi connectivity index (χ1n) is 8.86. The predicted molar refractivity (Wildman–Crippen MR) is 98.6 cm³/mol. The van der Waals surface area contributed by atoms with E-state index in [1.807, 2.05) is 30.3 Å². The fourth-order valence-corrected chi connectivity index (χ4v) is 2.70. The van der Waals surface area contributed by atoms with Gasteiger partial charge in [-0.05, 0) is 23.8 Å². The van der Waals surface area contributed by atoms with Crippen molar-refractivity contribution in [2.24, 2.45) is 0 Å². The zero-order chi connectivity index (χ0) is 18.6. The topological polar surface area (TPSA) is 74.8 Å². The summed E-state index contributed by atoms with van der Waals surface area (Å²) in [5, 5.41) is 19.2. The Balaban J connectivity index is 0.000000181. The van der Waals surface area contributed by atoms with E-state index >= 15 is 0 Å². The fraction of sp³-hybridized carbons (Fsp3) is 0.429. The van der Waals surface area contributed by atoms with Gasteiger partial charge in [-0.15, -0.1) is 0 Å². The van der Waals surface area contributed by atoms with Crippen LogP contribution in [0.4, 0.5) is 0 Å². The number of rotatable bonds is 6. The van der Waals surface area contributed by atoms with Gasteiger partial charge in [0, 0.05) is 11.0 Å². The van der Waals surface area contributed by atoms with Crippen molar-refractivity contribution in [3.05, 3.63) is 59.7 Å². The average molecular weight is 358 g/mol. The van der Waals surface area contributed by atoms with E-state index in [1.165, 1.54) is 0 Å². The molecule has 5 nitrogen and oxygen atoms in total. The minimum absolute atomic E-state index is 0.252. The number of ether oxygens (including phenoxy) is 3. The largest absolute Gasteiger partial charge is 0.508 e. The standard InChI is InChI=1S/C15H16O2.C6H10O3/c1-15(2,11-7-9-12(16)10-8-11)13-5-3-4-6-14(13)17;1(5-3-8-5)7-2-6-4-9-6/h3-10,16-17H,1-2H3;5-6H,1-4H2. The third-order valence-electron chi connectivity index (χ3n) is 4.58. The number of benzene rings is 2. The van der Waals surface area contributed by atoms with Gasteiger partial charge >= 0.3 is 0 Å². The first-order valence-corrected chi connectivity index (χ1v) is 8.86. The lowest BCUT2D eigenvalue weighted by Gasteiger charge is -2.26. The van der Waals surface area contributed by atoms with Crippen LogP contribution in [0.3, 0.4) is 0 Å². The summed E-state index contributed by atoms with van der Waals surface area (Å²) >= 11 is 0. The summed E-state index contributed by atoms with van der Waals surface area (Å²) in [5.41, 5.74) is 1.64. The monoisotopic (exact) mass is 358 g/mol. The highest BCUT2D eigenvalue weighted by Crippen LogP contribution is 2.36. The minimum atomic E-state index is -0.293. The van der Waals surface area contributed by atoms with Crippen LogP contribution < -0.4 is 0 Å². The number of hydrogen-bond acceptors (Lipinski definition) is 5. The van der Waals surface area contributed by atoms with Crippen LogP contribution in [-0.4, -0.2) is 48.8 Å². The molecule has 140 valence electrons. The first kappa shape index (κ1) is 18.7. The SMILES string of the molecule is C(OCC1CO1)C1CO1.CC(C)(c1ccc(O)cc1)c1ccccc1O. The van der Waals surface area contributed by atoms with Gasteiger partial charge in [0.25, 0.3) is 0 Å². The maximum absolute atomic E-state index is 9.91. The molecule has 2 heterocycles. The van der Waals surface area contributed by atoms with Gasteiger partial charge in [0.1, 0.15) is 23.7 Å². The number of phenols is 2. The molecule has 2 aliphatic rings. The molecule has 2 aliphatic heterocycles. The minimum Gasteiger partial charge on any atom is -0.508 e. The van der Waals surface area contributed by atoms with E-state index in [9.17, 15) is 10.2 Å². The van der Waals surface area contributed by atoms with Crippen LogP contribution in [0.15, 0.2) is 48.5 Å². The first-order chi connectivity index (χ1) is 12.5. The number of para-hydroxylation sites is 1. The molecule has 26 heavy (non-hydrogen) atoms. The maximum atomic E-state index is 9.91. The molecule has 0 aliphatic carbocycles. The molecule has 2 aromatic rings. The highest BCUT2D eigenvalue weighted by atomic mass is 16.6. The van der Waals surface area contributed by atoms with Gasteiger partial charge in [0.15, 0.2) is 0 Å². The van der Waals surface area contributed by atoms with Crippen LogP contribution in [0.1, 0.15) is 25.0 Å².